The quantitative estimate of drug-likeness (QED) is 0.611. The van der Waals surface area contributed by atoms with Crippen LogP contribution in [-0.4, -0.2) is 23.9 Å². The lowest BCUT2D eigenvalue weighted by atomic mass is 9.91. The highest BCUT2D eigenvalue weighted by atomic mass is 16.2. The third kappa shape index (κ3) is 3.79. The maximum atomic E-state index is 11.7. The Hall–Kier alpha value is -0.530. The van der Waals surface area contributed by atoms with E-state index in [9.17, 15) is 4.79 Å². The Kier molecular flexibility index (Phi) is 3.34. The van der Waals surface area contributed by atoms with Crippen LogP contribution in [-0.2, 0) is 4.79 Å². The van der Waals surface area contributed by atoms with Gasteiger partial charge in [0.05, 0.1) is 0 Å². The number of piperidine rings is 1. The van der Waals surface area contributed by atoms with Gasteiger partial charge >= 0.3 is 0 Å². The number of carbonyl (C=O) groups excluding carboxylic acids is 1. The first kappa shape index (κ1) is 10.6. The van der Waals surface area contributed by atoms with E-state index in [1.165, 1.54) is 19.3 Å². The lowest BCUT2D eigenvalue weighted by molar-refractivity contribution is -0.133. The van der Waals surface area contributed by atoms with Crippen LogP contribution >= 0.6 is 0 Å². The molecule has 1 saturated heterocycles. The Morgan fingerprint density at radius 3 is 2.15 bits per heavy atom. The Labute approximate surface area is 81.3 Å². The zero-order chi connectivity index (χ0) is 9.90. The van der Waals surface area contributed by atoms with Gasteiger partial charge in [0.15, 0.2) is 0 Å². The lowest BCUT2D eigenvalue weighted by Gasteiger charge is -2.29. The standard InChI is InChI=1S/C11H21NO/c1-11(2,3)9-10(13)12-7-5-4-6-8-12/h4-9H2,1-3H3. The molecule has 0 saturated carbocycles. The highest BCUT2D eigenvalue weighted by Crippen LogP contribution is 2.21. The number of hydrogen-bond donors (Lipinski definition) is 0. The molecule has 1 amide bonds. The highest BCUT2D eigenvalue weighted by Gasteiger charge is 2.21. The fraction of sp³-hybridized carbons (Fsp3) is 0.909. The van der Waals surface area contributed by atoms with Crippen molar-refractivity contribution in [2.24, 2.45) is 5.41 Å². The van der Waals surface area contributed by atoms with Gasteiger partial charge in [-0.2, -0.15) is 0 Å². The van der Waals surface area contributed by atoms with E-state index in [-0.39, 0.29) is 5.41 Å². The molecule has 0 radical (unpaired) electrons. The Bertz CT molecular complexity index is 175. The van der Waals surface area contributed by atoms with Crippen LogP contribution in [0.15, 0.2) is 0 Å². The van der Waals surface area contributed by atoms with E-state index in [4.69, 9.17) is 0 Å². The monoisotopic (exact) mass is 183 g/mol. The SMILES string of the molecule is CC(C)(C)CC(=O)N1CCCCC1. The summed E-state index contributed by atoms with van der Waals surface area (Å²) < 4.78 is 0. The number of rotatable bonds is 1. The normalized spacial score (nSPS) is 18.8. The predicted molar refractivity (Wildman–Crippen MR) is 54.5 cm³/mol. The van der Waals surface area contributed by atoms with E-state index in [0.29, 0.717) is 12.3 Å². The van der Waals surface area contributed by atoms with E-state index in [1.54, 1.807) is 0 Å². The van der Waals surface area contributed by atoms with Gasteiger partial charge in [0, 0.05) is 19.5 Å². The Morgan fingerprint density at radius 2 is 1.69 bits per heavy atom. The fourth-order valence-corrected chi connectivity index (χ4v) is 1.71. The highest BCUT2D eigenvalue weighted by molar-refractivity contribution is 5.76. The molecule has 0 bridgehead atoms. The summed E-state index contributed by atoms with van der Waals surface area (Å²) in [6.45, 7) is 8.32. The Balaban J connectivity index is 2.38. The van der Waals surface area contributed by atoms with Crippen molar-refractivity contribution >= 4 is 5.91 Å². The van der Waals surface area contributed by atoms with Crippen LogP contribution in [0, 0.1) is 5.41 Å². The van der Waals surface area contributed by atoms with Crippen LogP contribution < -0.4 is 0 Å². The van der Waals surface area contributed by atoms with Crippen LogP contribution in [0.3, 0.4) is 0 Å². The third-order valence-electron chi connectivity index (χ3n) is 2.39. The minimum Gasteiger partial charge on any atom is -0.343 e. The lowest BCUT2D eigenvalue weighted by Crippen LogP contribution is -2.37. The van der Waals surface area contributed by atoms with Gasteiger partial charge in [0.1, 0.15) is 0 Å². The van der Waals surface area contributed by atoms with Crippen LogP contribution in [0.2, 0.25) is 0 Å². The average Bonchev–Trinajstić information content (AvgIpc) is 2.03. The third-order valence-corrected chi connectivity index (χ3v) is 2.39. The van der Waals surface area contributed by atoms with Crippen molar-refractivity contribution in [2.45, 2.75) is 46.5 Å². The molecule has 2 heteroatoms. The first-order valence-corrected chi connectivity index (χ1v) is 5.27. The minimum absolute atomic E-state index is 0.133. The second-order valence-electron chi connectivity index (χ2n) is 5.18. The van der Waals surface area contributed by atoms with Crippen LogP contribution in [0.4, 0.5) is 0 Å². The van der Waals surface area contributed by atoms with Crippen LogP contribution in [0.5, 0.6) is 0 Å². The first-order valence-electron chi connectivity index (χ1n) is 5.27. The smallest absolute Gasteiger partial charge is 0.223 e. The van der Waals surface area contributed by atoms with Crippen molar-refractivity contribution < 1.29 is 4.79 Å². The largest absolute Gasteiger partial charge is 0.343 e. The van der Waals surface area contributed by atoms with Crippen molar-refractivity contribution in [3.8, 4) is 0 Å². The topological polar surface area (TPSA) is 20.3 Å². The molecule has 1 aliphatic heterocycles. The summed E-state index contributed by atoms with van der Waals surface area (Å²) in [4.78, 5) is 13.8. The predicted octanol–water partition coefficient (Wildman–Crippen LogP) is 2.44. The molecule has 0 spiro atoms. The van der Waals surface area contributed by atoms with Gasteiger partial charge < -0.3 is 4.90 Å². The number of nitrogens with zero attached hydrogens (tertiary/aromatic N) is 1. The molecule has 0 aromatic carbocycles. The van der Waals surface area contributed by atoms with Gasteiger partial charge in [-0.15, -0.1) is 0 Å². The fourth-order valence-electron chi connectivity index (χ4n) is 1.71. The van der Waals surface area contributed by atoms with Crippen molar-refractivity contribution in [1.29, 1.82) is 0 Å². The molecule has 2 nitrogen and oxygen atoms in total. The molecule has 13 heavy (non-hydrogen) atoms. The van der Waals surface area contributed by atoms with Gasteiger partial charge in [0.2, 0.25) is 5.91 Å². The molecule has 0 aromatic rings. The van der Waals surface area contributed by atoms with Crippen LogP contribution in [0.1, 0.15) is 46.5 Å². The van der Waals surface area contributed by atoms with Crippen molar-refractivity contribution in [3.05, 3.63) is 0 Å². The van der Waals surface area contributed by atoms with E-state index < -0.39 is 0 Å². The van der Waals surface area contributed by atoms with Gasteiger partial charge in [-0.1, -0.05) is 20.8 Å². The van der Waals surface area contributed by atoms with E-state index in [2.05, 4.69) is 20.8 Å². The number of carbonyl (C=O) groups is 1. The zero-order valence-corrected chi connectivity index (χ0v) is 9.10. The van der Waals surface area contributed by atoms with E-state index >= 15 is 0 Å². The molecule has 76 valence electrons. The molecule has 0 atom stereocenters. The van der Waals surface area contributed by atoms with Crippen molar-refractivity contribution in [2.75, 3.05) is 13.1 Å². The molecular weight excluding hydrogens is 162 g/mol. The zero-order valence-electron chi connectivity index (χ0n) is 9.10. The second-order valence-corrected chi connectivity index (χ2v) is 5.18. The molecule has 0 unspecified atom stereocenters. The average molecular weight is 183 g/mol. The molecule has 0 aromatic heterocycles. The molecular formula is C11H21NO. The van der Waals surface area contributed by atoms with Crippen molar-refractivity contribution in [3.63, 3.8) is 0 Å². The van der Waals surface area contributed by atoms with Gasteiger partial charge in [0.25, 0.3) is 0 Å². The summed E-state index contributed by atoms with van der Waals surface area (Å²) in [5.74, 6) is 0.340. The maximum Gasteiger partial charge on any atom is 0.223 e. The molecule has 0 N–H and O–H groups in total. The van der Waals surface area contributed by atoms with Gasteiger partial charge in [-0.3, -0.25) is 4.79 Å². The molecule has 1 heterocycles. The summed E-state index contributed by atoms with van der Waals surface area (Å²) >= 11 is 0. The van der Waals surface area contributed by atoms with Gasteiger partial charge in [-0.25, -0.2) is 0 Å². The summed E-state index contributed by atoms with van der Waals surface area (Å²) in [7, 11) is 0. The molecule has 0 aliphatic carbocycles. The summed E-state index contributed by atoms with van der Waals surface area (Å²) in [5.41, 5.74) is 0.133. The van der Waals surface area contributed by atoms with E-state index in [1.807, 2.05) is 4.90 Å². The van der Waals surface area contributed by atoms with Crippen LogP contribution in [0.25, 0.3) is 0 Å². The van der Waals surface area contributed by atoms with E-state index in [0.717, 1.165) is 13.1 Å². The minimum atomic E-state index is 0.133. The number of amides is 1. The van der Waals surface area contributed by atoms with Gasteiger partial charge in [-0.05, 0) is 24.7 Å². The summed E-state index contributed by atoms with van der Waals surface area (Å²) in [5, 5.41) is 0. The number of hydrogen-bond acceptors (Lipinski definition) is 1. The summed E-state index contributed by atoms with van der Waals surface area (Å²) in [6.07, 6.45) is 4.36. The summed E-state index contributed by atoms with van der Waals surface area (Å²) in [6, 6.07) is 0. The Morgan fingerprint density at radius 1 is 1.15 bits per heavy atom. The first-order chi connectivity index (χ1) is 5.99. The molecule has 1 fully saturated rings. The van der Waals surface area contributed by atoms with Crippen molar-refractivity contribution in [1.82, 2.24) is 4.90 Å². The maximum absolute atomic E-state index is 11.7. The molecule has 1 aliphatic rings. The second kappa shape index (κ2) is 4.12. The number of likely N-dealkylation sites (tertiary alicyclic amines) is 1. The molecule has 1 rings (SSSR count).